The summed E-state index contributed by atoms with van der Waals surface area (Å²) < 4.78 is 0. The van der Waals surface area contributed by atoms with Crippen molar-refractivity contribution in [2.45, 2.75) is 19.8 Å². The Labute approximate surface area is 163 Å². The smallest absolute Gasteiger partial charge is 0.227 e. The summed E-state index contributed by atoms with van der Waals surface area (Å²) in [5.41, 5.74) is 2.55. The first kappa shape index (κ1) is 18.8. The second kappa shape index (κ2) is 8.58. The maximum absolute atomic E-state index is 12.6. The van der Waals surface area contributed by atoms with Crippen LogP contribution >= 0.6 is 23.8 Å². The van der Waals surface area contributed by atoms with E-state index in [2.05, 4.69) is 20.9 Å². The van der Waals surface area contributed by atoms with E-state index < -0.39 is 0 Å². The Hall–Kier alpha value is -2.02. The third-order valence-electron chi connectivity index (χ3n) is 4.36. The Balaban J connectivity index is 1.77. The molecule has 0 saturated carbocycles. The fourth-order valence-electron chi connectivity index (χ4n) is 2.91. The summed E-state index contributed by atoms with van der Waals surface area (Å²) in [5, 5.41) is 9.99. The quantitative estimate of drug-likeness (QED) is 0.696. The van der Waals surface area contributed by atoms with Gasteiger partial charge in [0, 0.05) is 17.7 Å². The highest BCUT2D eigenvalue weighted by molar-refractivity contribution is 7.81. The number of carbonyl (C=O) groups is 1. The highest BCUT2D eigenvalue weighted by atomic mass is 35.5. The number of hydrogen-bond donors (Lipinski definition) is 3. The van der Waals surface area contributed by atoms with Crippen LogP contribution in [0.15, 0.2) is 36.5 Å². The number of aryl methyl sites for hydroxylation is 1. The van der Waals surface area contributed by atoms with Crippen molar-refractivity contribution in [3.05, 3.63) is 52.7 Å². The van der Waals surface area contributed by atoms with Crippen LogP contribution in [0.1, 0.15) is 24.0 Å². The number of rotatable bonds is 4. The molecule has 26 heavy (non-hydrogen) atoms. The van der Waals surface area contributed by atoms with E-state index in [1.54, 1.807) is 18.3 Å². The molecular formula is C19H21ClN4OS. The van der Waals surface area contributed by atoms with Gasteiger partial charge in [-0.2, -0.15) is 0 Å². The number of benzene rings is 1. The Morgan fingerprint density at radius 3 is 2.69 bits per heavy atom. The Kier molecular flexibility index (Phi) is 6.19. The molecule has 1 aromatic carbocycles. The van der Waals surface area contributed by atoms with Crippen molar-refractivity contribution in [2.24, 2.45) is 5.92 Å². The van der Waals surface area contributed by atoms with Crippen LogP contribution in [-0.4, -0.2) is 29.0 Å². The molecule has 1 aliphatic rings. The number of halogens is 1. The number of aromatic nitrogens is 1. The molecule has 136 valence electrons. The van der Waals surface area contributed by atoms with Gasteiger partial charge in [0.2, 0.25) is 5.91 Å². The molecule has 1 aromatic heterocycles. The first-order chi connectivity index (χ1) is 12.5. The van der Waals surface area contributed by atoms with Gasteiger partial charge in [-0.05, 0) is 57.1 Å². The summed E-state index contributed by atoms with van der Waals surface area (Å²) in [4.78, 5) is 17.3. The van der Waals surface area contributed by atoms with Crippen molar-refractivity contribution in [1.82, 2.24) is 10.3 Å². The largest absolute Gasteiger partial charge is 0.331 e. The second-order valence-electron chi connectivity index (χ2n) is 6.38. The van der Waals surface area contributed by atoms with Crippen LogP contribution in [0.4, 0.5) is 11.5 Å². The van der Waals surface area contributed by atoms with Gasteiger partial charge in [0.1, 0.15) is 10.8 Å². The maximum atomic E-state index is 12.6. The van der Waals surface area contributed by atoms with Gasteiger partial charge in [-0.1, -0.05) is 35.4 Å². The number of nitrogens with zero attached hydrogens (tertiary/aromatic N) is 1. The molecule has 1 amide bonds. The van der Waals surface area contributed by atoms with Crippen molar-refractivity contribution >= 4 is 46.2 Å². The first-order valence-electron chi connectivity index (χ1n) is 8.58. The normalized spacial score (nSPS) is 14.7. The standard InChI is InChI=1S/C19H21ClN4OS/c1-12-2-4-16(23-18(25)13-6-8-21-9-7-13)15(10-12)19(26)24-17-5-3-14(20)11-22-17/h2-5,10-11,13,21H,6-9H2,1H3,(H,23,25)(H,22,24,26). The van der Waals surface area contributed by atoms with E-state index in [1.807, 2.05) is 25.1 Å². The summed E-state index contributed by atoms with van der Waals surface area (Å²) in [6.45, 7) is 3.74. The van der Waals surface area contributed by atoms with Crippen LogP contribution < -0.4 is 16.0 Å². The van der Waals surface area contributed by atoms with Gasteiger partial charge in [-0.25, -0.2) is 4.98 Å². The van der Waals surface area contributed by atoms with Crippen molar-refractivity contribution in [3.8, 4) is 0 Å². The van der Waals surface area contributed by atoms with E-state index in [0.717, 1.165) is 37.1 Å². The molecule has 1 aliphatic heterocycles. The Bertz CT molecular complexity index is 804. The zero-order valence-corrected chi connectivity index (χ0v) is 16.1. The molecule has 1 saturated heterocycles. The minimum atomic E-state index is 0.0323. The minimum Gasteiger partial charge on any atom is -0.331 e. The predicted molar refractivity (Wildman–Crippen MR) is 110 cm³/mol. The number of hydrogen-bond acceptors (Lipinski definition) is 4. The van der Waals surface area contributed by atoms with Crippen molar-refractivity contribution in [3.63, 3.8) is 0 Å². The minimum absolute atomic E-state index is 0.0323. The van der Waals surface area contributed by atoms with Crippen LogP contribution in [0.3, 0.4) is 0 Å². The average molecular weight is 389 g/mol. The van der Waals surface area contributed by atoms with Gasteiger partial charge in [0.15, 0.2) is 0 Å². The number of thiocarbonyl (C=S) groups is 1. The summed E-state index contributed by atoms with van der Waals surface area (Å²) in [6.07, 6.45) is 3.26. The number of piperidine rings is 1. The lowest BCUT2D eigenvalue weighted by Crippen LogP contribution is -2.35. The third-order valence-corrected chi connectivity index (χ3v) is 4.90. The molecule has 0 bridgehead atoms. The molecule has 0 radical (unpaired) electrons. The van der Waals surface area contributed by atoms with Crippen LogP contribution in [0, 0.1) is 12.8 Å². The van der Waals surface area contributed by atoms with Crippen LogP contribution in [-0.2, 0) is 4.79 Å². The summed E-state index contributed by atoms with van der Waals surface area (Å²) in [6, 6.07) is 9.33. The van der Waals surface area contributed by atoms with Crippen molar-refractivity contribution in [2.75, 3.05) is 23.7 Å². The van der Waals surface area contributed by atoms with E-state index in [1.165, 1.54) is 0 Å². The highest BCUT2D eigenvalue weighted by Gasteiger charge is 2.22. The van der Waals surface area contributed by atoms with E-state index in [-0.39, 0.29) is 11.8 Å². The Morgan fingerprint density at radius 2 is 2.00 bits per heavy atom. The number of anilines is 2. The molecule has 0 unspecified atom stereocenters. The van der Waals surface area contributed by atoms with Gasteiger partial charge in [-0.3, -0.25) is 4.79 Å². The van der Waals surface area contributed by atoms with Gasteiger partial charge < -0.3 is 16.0 Å². The van der Waals surface area contributed by atoms with Crippen molar-refractivity contribution < 1.29 is 4.79 Å². The third kappa shape index (κ3) is 4.78. The molecule has 3 N–H and O–H groups in total. The van der Waals surface area contributed by atoms with E-state index >= 15 is 0 Å². The van der Waals surface area contributed by atoms with Crippen LogP contribution in [0.2, 0.25) is 5.02 Å². The molecule has 3 rings (SSSR count). The molecular weight excluding hydrogens is 368 g/mol. The van der Waals surface area contributed by atoms with E-state index in [9.17, 15) is 4.79 Å². The van der Waals surface area contributed by atoms with Gasteiger partial charge in [-0.15, -0.1) is 0 Å². The molecule has 7 heteroatoms. The highest BCUT2D eigenvalue weighted by Crippen LogP contribution is 2.22. The zero-order valence-electron chi connectivity index (χ0n) is 14.5. The summed E-state index contributed by atoms with van der Waals surface area (Å²) in [7, 11) is 0. The number of amides is 1. The topological polar surface area (TPSA) is 66.1 Å². The Morgan fingerprint density at radius 1 is 1.23 bits per heavy atom. The lowest BCUT2D eigenvalue weighted by molar-refractivity contribution is -0.120. The fourth-order valence-corrected chi connectivity index (χ4v) is 3.29. The van der Waals surface area contributed by atoms with Gasteiger partial charge in [0.25, 0.3) is 0 Å². The van der Waals surface area contributed by atoms with Crippen LogP contribution in [0.5, 0.6) is 0 Å². The average Bonchev–Trinajstić information content (AvgIpc) is 2.65. The molecule has 1 fully saturated rings. The summed E-state index contributed by atoms with van der Waals surface area (Å²) in [5.74, 6) is 0.686. The first-order valence-corrected chi connectivity index (χ1v) is 9.36. The zero-order chi connectivity index (χ0) is 18.5. The lowest BCUT2D eigenvalue weighted by atomic mass is 9.97. The molecule has 0 spiro atoms. The van der Waals surface area contributed by atoms with Gasteiger partial charge in [0.05, 0.1) is 10.7 Å². The SMILES string of the molecule is Cc1ccc(NC(=O)C2CCNCC2)c(C(=S)Nc2ccc(Cl)cn2)c1. The van der Waals surface area contributed by atoms with E-state index in [0.29, 0.717) is 21.5 Å². The molecule has 2 aromatic rings. The lowest BCUT2D eigenvalue weighted by Gasteiger charge is -2.22. The monoisotopic (exact) mass is 388 g/mol. The number of carbonyl (C=O) groups excluding carboxylic acids is 1. The van der Waals surface area contributed by atoms with Crippen molar-refractivity contribution in [1.29, 1.82) is 0 Å². The van der Waals surface area contributed by atoms with Crippen LogP contribution in [0.25, 0.3) is 0 Å². The van der Waals surface area contributed by atoms with E-state index in [4.69, 9.17) is 23.8 Å². The number of nitrogens with one attached hydrogen (secondary N) is 3. The predicted octanol–water partition coefficient (Wildman–Crippen LogP) is 3.77. The maximum Gasteiger partial charge on any atom is 0.227 e. The molecule has 5 nitrogen and oxygen atoms in total. The van der Waals surface area contributed by atoms with Gasteiger partial charge >= 0.3 is 0 Å². The molecule has 2 heterocycles. The molecule has 0 atom stereocenters. The molecule has 0 aliphatic carbocycles. The second-order valence-corrected chi connectivity index (χ2v) is 7.22. The number of pyridine rings is 1. The fraction of sp³-hybridized carbons (Fsp3) is 0.316. The summed E-state index contributed by atoms with van der Waals surface area (Å²) >= 11 is 11.4.